The molecule has 0 bridgehead atoms. The van der Waals surface area contributed by atoms with E-state index in [0.717, 1.165) is 17.5 Å². The fourth-order valence-electron chi connectivity index (χ4n) is 3.37. The summed E-state index contributed by atoms with van der Waals surface area (Å²) in [4.78, 5) is 26.9. The summed E-state index contributed by atoms with van der Waals surface area (Å²) in [7, 11) is 0. The minimum atomic E-state index is -0.751. The summed E-state index contributed by atoms with van der Waals surface area (Å²) < 4.78 is 0. The van der Waals surface area contributed by atoms with Crippen LogP contribution < -0.4 is 4.90 Å². The van der Waals surface area contributed by atoms with Crippen LogP contribution in [-0.4, -0.2) is 28.9 Å². The van der Waals surface area contributed by atoms with Crippen LogP contribution in [-0.2, 0) is 22.6 Å². The highest BCUT2D eigenvalue weighted by atomic mass is 16.2. The van der Waals surface area contributed by atoms with E-state index in [9.17, 15) is 9.59 Å². The fraction of sp³-hybridized carbons (Fsp3) is 0.300. The number of benzene rings is 2. The lowest BCUT2D eigenvalue weighted by Crippen LogP contribution is -2.39. The topological polar surface area (TPSA) is 65.3 Å². The van der Waals surface area contributed by atoms with Gasteiger partial charge in [0.25, 0.3) is 11.8 Å². The Kier molecular flexibility index (Phi) is 4.03. The molecule has 6 heteroatoms. The maximum Gasteiger partial charge on any atom is 0.263 e. The standard InChI is InChI=1S/C20H20N4O2/c1-3-14-6-8-15(9-7-14)12-23-18-17(21-22-23)19(25)24(20(18)26)16-10-4-13(2)5-11-16/h4-11,17-18H,3,12H2,1-2H3. The lowest BCUT2D eigenvalue weighted by atomic mass is 10.1. The molecule has 0 aromatic heterocycles. The molecule has 2 amide bonds. The Morgan fingerprint density at radius 2 is 1.58 bits per heavy atom. The van der Waals surface area contributed by atoms with Gasteiger partial charge in [-0.05, 0) is 36.6 Å². The molecule has 132 valence electrons. The van der Waals surface area contributed by atoms with Gasteiger partial charge in [0.2, 0.25) is 0 Å². The van der Waals surface area contributed by atoms with Gasteiger partial charge in [-0.25, -0.2) is 4.90 Å². The zero-order valence-corrected chi connectivity index (χ0v) is 14.8. The molecule has 2 aromatic rings. The van der Waals surface area contributed by atoms with Crippen molar-refractivity contribution in [3.63, 3.8) is 0 Å². The number of hydrogen-bond donors (Lipinski definition) is 0. The van der Waals surface area contributed by atoms with E-state index in [1.54, 1.807) is 17.1 Å². The second-order valence-corrected chi connectivity index (χ2v) is 6.71. The quantitative estimate of drug-likeness (QED) is 0.798. The normalized spacial score (nSPS) is 21.6. The van der Waals surface area contributed by atoms with E-state index in [2.05, 4.69) is 29.4 Å². The Hall–Kier alpha value is -3.02. The smallest absolute Gasteiger partial charge is 0.263 e. The number of amides is 2. The zero-order valence-electron chi connectivity index (χ0n) is 14.8. The van der Waals surface area contributed by atoms with Gasteiger partial charge in [0.1, 0.15) is 0 Å². The molecule has 2 aromatic carbocycles. The highest BCUT2D eigenvalue weighted by Gasteiger charge is 2.54. The number of fused-ring (bicyclic) bond motifs is 1. The first-order valence-electron chi connectivity index (χ1n) is 8.78. The number of carbonyl (C=O) groups excluding carboxylic acids is 2. The Labute approximate surface area is 152 Å². The van der Waals surface area contributed by atoms with Crippen LogP contribution in [0.1, 0.15) is 23.6 Å². The van der Waals surface area contributed by atoms with Gasteiger partial charge in [-0.1, -0.05) is 54.1 Å². The van der Waals surface area contributed by atoms with Gasteiger partial charge < -0.3 is 0 Å². The molecule has 6 nitrogen and oxygen atoms in total. The van der Waals surface area contributed by atoms with Crippen molar-refractivity contribution < 1.29 is 9.59 Å². The molecule has 2 atom stereocenters. The third kappa shape index (κ3) is 2.67. The van der Waals surface area contributed by atoms with Crippen molar-refractivity contribution in [1.82, 2.24) is 5.01 Å². The fourth-order valence-corrected chi connectivity index (χ4v) is 3.37. The summed E-state index contributed by atoms with van der Waals surface area (Å²) >= 11 is 0. The predicted octanol–water partition coefficient (Wildman–Crippen LogP) is 3.05. The number of hydrogen-bond acceptors (Lipinski definition) is 5. The van der Waals surface area contributed by atoms with Crippen LogP contribution in [0, 0.1) is 6.92 Å². The second kappa shape index (κ2) is 6.37. The predicted molar refractivity (Wildman–Crippen MR) is 97.5 cm³/mol. The molecule has 1 fully saturated rings. The molecule has 26 heavy (non-hydrogen) atoms. The lowest BCUT2D eigenvalue weighted by molar-refractivity contribution is -0.123. The zero-order chi connectivity index (χ0) is 18.3. The van der Waals surface area contributed by atoms with Crippen molar-refractivity contribution in [3.8, 4) is 0 Å². The van der Waals surface area contributed by atoms with Gasteiger partial charge in [-0.2, -0.15) is 5.11 Å². The van der Waals surface area contributed by atoms with Crippen molar-refractivity contribution >= 4 is 17.5 Å². The van der Waals surface area contributed by atoms with E-state index in [4.69, 9.17) is 0 Å². The summed E-state index contributed by atoms with van der Waals surface area (Å²) in [5.74, 6) is -0.574. The molecule has 2 aliphatic rings. The van der Waals surface area contributed by atoms with Gasteiger partial charge in [-0.3, -0.25) is 14.6 Å². The van der Waals surface area contributed by atoms with E-state index in [1.165, 1.54) is 10.5 Å². The molecule has 0 N–H and O–H groups in total. The summed E-state index contributed by atoms with van der Waals surface area (Å²) in [5.41, 5.74) is 3.95. The Morgan fingerprint density at radius 3 is 2.23 bits per heavy atom. The number of carbonyl (C=O) groups is 2. The van der Waals surface area contributed by atoms with Crippen molar-refractivity contribution in [2.24, 2.45) is 10.3 Å². The highest BCUT2D eigenvalue weighted by molar-refractivity contribution is 6.25. The molecule has 2 aliphatic heterocycles. The van der Waals surface area contributed by atoms with E-state index >= 15 is 0 Å². The average Bonchev–Trinajstić information content (AvgIpc) is 3.17. The molecule has 4 rings (SSSR count). The molecule has 2 unspecified atom stereocenters. The molecular formula is C20H20N4O2. The van der Waals surface area contributed by atoms with Crippen LogP contribution in [0.3, 0.4) is 0 Å². The van der Waals surface area contributed by atoms with Crippen LogP contribution in [0.4, 0.5) is 5.69 Å². The third-order valence-corrected chi connectivity index (χ3v) is 4.93. The SMILES string of the molecule is CCc1ccc(CN2N=NC3C(=O)N(c4ccc(C)cc4)C(=O)C32)cc1. The number of anilines is 1. The average molecular weight is 348 g/mol. The minimum absolute atomic E-state index is 0.265. The Balaban J connectivity index is 1.56. The first-order chi connectivity index (χ1) is 12.6. The molecular weight excluding hydrogens is 328 g/mol. The van der Waals surface area contributed by atoms with Gasteiger partial charge in [0.05, 0.1) is 12.2 Å². The van der Waals surface area contributed by atoms with Crippen LogP contribution in [0.15, 0.2) is 58.9 Å². The maximum absolute atomic E-state index is 12.9. The number of imide groups is 1. The van der Waals surface area contributed by atoms with E-state index in [0.29, 0.717) is 12.2 Å². The molecule has 0 spiro atoms. The molecule has 0 radical (unpaired) electrons. The number of nitrogens with zero attached hydrogens (tertiary/aromatic N) is 4. The number of rotatable bonds is 4. The van der Waals surface area contributed by atoms with Crippen LogP contribution in [0.2, 0.25) is 0 Å². The second-order valence-electron chi connectivity index (χ2n) is 6.71. The summed E-state index contributed by atoms with van der Waals surface area (Å²) in [5, 5.41) is 9.79. The lowest BCUT2D eigenvalue weighted by Gasteiger charge is -2.20. The Morgan fingerprint density at radius 1 is 0.923 bits per heavy atom. The van der Waals surface area contributed by atoms with Crippen molar-refractivity contribution in [3.05, 3.63) is 65.2 Å². The van der Waals surface area contributed by atoms with Gasteiger partial charge in [0.15, 0.2) is 12.1 Å². The largest absolute Gasteiger partial charge is 0.271 e. The monoisotopic (exact) mass is 348 g/mol. The summed E-state index contributed by atoms with van der Waals surface area (Å²) in [6, 6.07) is 14.1. The van der Waals surface area contributed by atoms with Gasteiger partial charge >= 0.3 is 0 Å². The van der Waals surface area contributed by atoms with Crippen molar-refractivity contribution in [1.29, 1.82) is 0 Å². The van der Waals surface area contributed by atoms with E-state index in [1.807, 2.05) is 31.2 Å². The van der Waals surface area contributed by atoms with Crippen LogP contribution in [0.25, 0.3) is 0 Å². The summed E-state index contributed by atoms with van der Waals surface area (Å²) in [6.45, 7) is 4.53. The molecule has 0 saturated carbocycles. The first kappa shape index (κ1) is 16.4. The van der Waals surface area contributed by atoms with Crippen LogP contribution >= 0.6 is 0 Å². The third-order valence-electron chi connectivity index (χ3n) is 4.93. The Bertz CT molecular complexity index is 874. The minimum Gasteiger partial charge on any atom is -0.271 e. The summed E-state index contributed by atoms with van der Waals surface area (Å²) in [6.07, 6.45) is 0.979. The first-order valence-corrected chi connectivity index (χ1v) is 8.78. The van der Waals surface area contributed by atoms with Crippen molar-refractivity contribution in [2.75, 3.05) is 4.90 Å². The molecule has 2 heterocycles. The van der Waals surface area contributed by atoms with Crippen molar-refractivity contribution in [2.45, 2.75) is 38.9 Å². The molecule has 0 aliphatic carbocycles. The van der Waals surface area contributed by atoms with Gasteiger partial charge in [-0.15, -0.1) is 0 Å². The molecule has 1 saturated heterocycles. The van der Waals surface area contributed by atoms with Gasteiger partial charge in [0, 0.05) is 0 Å². The number of aryl methyl sites for hydroxylation is 2. The highest BCUT2D eigenvalue weighted by Crippen LogP contribution is 2.32. The van der Waals surface area contributed by atoms with Crippen LogP contribution in [0.5, 0.6) is 0 Å². The van der Waals surface area contributed by atoms with E-state index in [-0.39, 0.29) is 11.8 Å². The maximum atomic E-state index is 12.9. The van der Waals surface area contributed by atoms with E-state index < -0.39 is 12.1 Å².